The van der Waals surface area contributed by atoms with Gasteiger partial charge in [0.25, 0.3) is 0 Å². The maximum absolute atomic E-state index is 5.87. The fraction of sp³-hybridized carbons (Fsp3) is 0.500. The Hall–Kier alpha value is -0.150. The lowest BCUT2D eigenvalue weighted by atomic mass is 10.3. The molecule has 1 aromatic rings. The number of unbranched alkanes of at least 4 members (excludes halogenated alkanes) is 1. The molecule has 0 saturated heterocycles. The zero-order valence-electron chi connectivity index (χ0n) is 9.63. The van der Waals surface area contributed by atoms with Gasteiger partial charge in [0.1, 0.15) is 0 Å². The minimum atomic E-state index is -1.50. The summed E-state index contributed by atoms with van der Waals surface area (Å²) in [5.74, 6) is 0. The van der Waals surface area contributed by atoms with E-state index in [0.717, 1.165) is 18.5 Å². The molecule has 0 aromatic heterocycles. The maximum atomic E-state index is 5.87. The summed E-state index contributed by atoms with van der Waals surface area (Å²) in [5, 5.41) is 3.06. The van der Waals surface area contributed by atoms with Gasteiger partial charge in [0.05, 0.1) is 0 Å². The third kappa shape index (κ3) is 5.82. The van der Waals surface area contributed by atoms with Gasteiger partial charge in [-0.05, 0) is 18.6 Å². The summed E-state index contributed by atoms with van der Waals surface area (Å²) >= 11 is 17.6. The largest absolute Gasteiger partial charge is 0.357 e. The zero-order chi connectivity index (χ0) is 12.7. The van der Waals surface area contributed by atoms with E-state index in [9.17, 15) is 0 Å². The normalized spacial score (nSPS) is 13.4. The second kappa shape index (κ2) is 7.32. The highest BCUT2D eigenvalue weighted by Crippen LogP contribution is 2.33. The van der Waals surface area contributed by atoms with Crippen molar-refractivity contribution in [1.29, 1.82) is 0 Å². The van der Waals surface area contributed by atoms with E-state index in [1.165, 1.54) is 0 Å². The smallest absolute Gasteiger partial charge is 0.234 e. The Labute approximate surface area is 117 Å². The lowest BCUT2D eigenvalue weighted by molar-refractivity contribution is 0.0727. The molecule has 0 amide bonds. The number of nitrogens with one attached hydrogen (secondary N) is 1. The molecule has 17 heavy (non-hydrogen) atoms. The van der Waals surface area contributed by atoms with Gasteiger partial charge < -0.3 is 10.1 Å². The van der Waals surface area contributed by atoms with Crippen LogP contribution in [0.15, 0.2) is 30.3 Å². The van der Waals surface area contributed by atoms with Crippen molar-refractivity contribution in [2.24, 2.45) is 0 Å². The van der Waals surface area contributed by atoms with Crippen molar-refractivity contribution in [2.75, 3.05) is 11.9 Å². The lowest BCUT2D eigenvalue weighted by Gasteiger charge is -2.26. The summed E-state index contributed by atoms with van der Waals surface area (Å²) in [6.07, 6.45) is 1.33. The van der Waals surface area contributed by atoms with Crippen molar-refractivity contribution in [3.05, 3.63) is 30.3 Å². The standard InChI is InChI=1S/C12H16Cl3NO/c1-2-3-9-17-11(12(13,14)15)16-10-7-5-4-6-8-10/h4-8,11,16H,2-3,9H2,1H3. The summed E-state index contributed by atoms with van der Waals surface area (Å²) < 4.78 is 4.05. The van der Waals surface area contributed by atoms with Crippen LogP contribution in [-0.4, -0.2) is 16.6 Å². The van der Waals surface area contributed by atoms with Crippen LogP contribution in [0.4, 0.5) is 5.69 Å². The number of halogens is 3. The van der Waals surface area contributed by atoms with Gasteiger partial charge in [-0.2, -0.15) is 0 Å². The summed E-state index contributed by atoms with van der Waals surface area (Å²) in [6.45, 7) is 2.65. The molecule has 0 spiro atoms. The quantitative estimate of drug-likeness (QED) is 0.470. The number of benzene rings is 1. The van der Waals surface area contributed by atoms with Crippen molar-refractivity contribution in [3.63, 3.8) is 0 Å². The molecule has 1 aromatic carbocycles. The van der Waals surface area contributed by atoms with Gasteiger partial charge in [-0.25, -0.2) is 0 Å². The molecular formula is C12H16Cl3NO. The highest BCUT2D eigenvalue weighted by Gasteiger charge is 2.33. The first kappa shape index (κ1) is 14.9. The molecule has 5 heteroatoms. The van der Waals surface area contributed by atoms with Crippen LogP contribution in [0.25, 0.3) is 0 Å². The molecule has 2 nitrogen and oxygen atoms in total. The van der Waals surface area contributed by atoms with E-state index in [1.54, 1.807) is 0 Å². The Morgan fingerprint density at radius 1 is 1.24 bits per heavy atom. The number of rotatable bonds is 6. The van der Waals surface area contributed by atoms with Gasteiger partial charge in [0.2, 0.25) is 3.79 Å². The Morgan fingerprint density at radius 3 is 2.41 bits per heavy atom. The molecular weight excluding hydrogens is 280 g/mol. The number of anilines is 1. The van der Waals surface area contributed by atoms with Crippen LogP contribution in [0.5, 0.6) is 0 Å². The molecule has 0 radical (unpaired) electrons. The Bertz CT molecular complexity index is 313. The first-order valence-electron chi connectivity index (χ1n) is 5.54. The molecule has 96 valence electrons. The highest BCUT2D eigenvalue weighted by molar-refractivity contribution is 6.68. The predicted molar refractivity (Wildman–Crippen MR) is 75.0 cm³/mol. The maximum Gasteiger partial charge on any atom is 0.234 e. The number of hydrogen-bond donors (Lipinski definition) is 1. The zero-order valence-corrected chi connectivity index (χ0v) is 11.9. The predicted octanol–water partition coefficient (Wildman–Crippen LogP) is 4.61. The fourth-order valence-electron chi connectivity index (χ4n) is 1.25. The molecule has 0 heterocycles. The summed E-state index contributed by atoms with van der Waals surface area (Å²) in [4.78, 5) is 0. The number of para-hydroxylation sites is 1. The Morgan fingerprint density at radius 2 is 1.88 bits per heavy atom. The van der Waals surface area contributed by atoms with Crippen LogP contribution in [0.1, 0.15) is 19.8 Å². The third-order valence-corrected chi connectivity index (χ3v) is 2.75. The van der Waals surface area contributed by atoms with E-state index in [0.29, 0.717) is 6.61 Å². The highest BCUT2D eigenvalue weighted by atomic mass is 35.6. The molecule has 0 aliphatic heterocycles. The number of alkyl halides is 3. The molecule has 0 aliphatic rings. The van der Waals surface area contributed by atoms with E-state index in [-0.39, 0.29) is 0 Å². The molecule has 1 atom stereocenters. The number of ether oxygens (including phenoxy) is 1. The van der Waals surface area contributed by atoms with E-state index >= 15 is 0 Å². The number of hydrogen-bond acceptors (Lipinski definition) is 2. The topological polar surface area (TPSA) is 21.3 Å². The van der Waals surface area contributed by atoms with E-state index in [1.807, 2.05) is 30.3 Å². The van der Waals surface area contributed by atoms with Crippen LogP contribution in [-0.2, 0) is 4.74 Å². The van der Waals surface area contributed by atoms with Gasteiger partial charge in [-0.3, -0.25) is 0 Å². The summed E-state index contributed by atoms with van der Waals surface area (Å²) in [5.41, 5.74) is 0.861. The van der Waals surface area contributed by atoms with Crippen molar-refractivity contribution in [1.82, 2.24) is 0 Å². The second-order valence-electron chi connectivity index (χ2n) is 3.66. The monoisotopic (exact) mass is 295 g/mol. The third-order valence-electron chi connectivity index (χ3n) is 2.15. The Balaban J connectivity index is 2.58. The SMILES string of the molecule is CCCCOC(Nc1ccccc1)C(Cl)(Cl)Cl. The first-order chi connectivity index (χ1) is 8.04. The summed E-state index contributed by atoms with van der Waals surface area (Å²) in [6, 6.07) is 9.53. The second-order valence-corrected chi connectivity index (χ2v) is 6.03. The average Bonchev–Trinajstić information content (AvgIpc) is 2.28. The van der Waals surface area contributed by atoms with Crippen LogP contribution in [0, 0.1) is 0 Å². The molecule has 0 saturated carbocycles. The summed E-state index contributed by atoms with van der Waals surface area (Å²) in [7, 11) is 0. The first-order valence-corrected chi connectivity index (χ1v) is 6.67. The molecule has 1 N–H and O–H groups in total. The van der Waals surface area contributed by atoms with E-state index in [4.69, 9.17) is 39.5 Å². The van der Waals surface area contributed by atoms with Crippen LogP contribution >= 0.6 is 34.8 Å². The molecule has 0 aliphatic carbocycles. The van der Waals surface area contributed by atoms with Crippen molar-refractivity contribution >= 4 is 40.5 Å². The minimum absolute atomic E-state index is 0.564. The van der Waals surface area contributed by atoms with Gasteiger partial charge in [0.15, 0.2) is 6.23 Å². The van der Waals surface area contributed by atoms with Gasteiger partial charge in [-0.15, -0.1) is 0 Å². The average molecular weight is 297 g/mol. The van der Waals surface area contributed by atoms with Crippen molar-refractivity contribution in [2.45, 2.75) is 29.8 Å². The fourth-order valence-corrected chi connectivity index (χ4v) is 1.60. The van der Waals surface area contributed by atoms with Crippen molar-refractivity contribution < 1.29 is 4.74 Å². The molecule has 1 unspecified atom stereocenters. The molecule has 0 fully saturated rings. The van der Waals surface area contributed by atoms with Crippen molar-refractivity contribution in [3.8, 4) is 0 Å². The van der Waals surface area contributed by atoms with Gasteiger partial charge in [0, 0.05) is 12.3 Å². The molecule has 0 bridgehead atoms. The van der Waals surface area contributed by atoms with Gasteiger partial charge >= 0.3 is 0 Å². The lowest BCUT2D eigenvalue weighted by Crippen LogP contribution is -2.36. The van der Waals surface area contributed by atoms with Gasteiger partial charge in [-0.1, -0.05) is 66.3 Å². The van der Waals surface area contributed by atoms with Crippen LogP contribution in [0.3, 0.4) is 0 Å². The van der Waals surface area contributed by atoms with Crippen LogP contribution < -0.4 is 5.32 Å². The van der Waals surface area contributed by atoms with E-state index in [2.05, 4.69) is 12.2 Å². The molecule has 1 rings (SSSR count). The minimum Gasteiger partial charge on any atom is -0.357 e. The van der Waals surface area contributed by atoms with E-state index < -0.39 is 10.0 Å². The van der Waals surface area contributed by atoms with Crippen LogP contribution in [0.2, 0.25) is 0 Å². The Kier molecular flexibility index (Phi) is 6.42.